The first kappa shape index (κ1) is 23.9. The topological polar surface area (TPSA) is 146 Å². The Kier molecular flexibility index (Phi) is 6.12. The number of nitro benzene ring substituents is 1. The van der Waals surface area contributed by atoms with Crippen LogP contribution < -0.4 is 5.32 Å². The summed E-state index contributed by atoms with van der Waals surface area (Å²) in [5.41, 5.74) is -0.197. The molecule has 35 heavy (non-hydrogen) atoms. The van der Waals surface area contributed by atoms with E-state index >= 15 is 0 Å². The van der Waals surface area contributed by atoms with E-state index in [2.05, 4.69) is 10.3 Å². The van der Waals surface area contributed by atoms with Crippen molar-refractivity contribution in [3.63, 3.8) is 0 Å². The van der Waals surface area contributed by atoms with Gasteiger partial charge in [-0.05, 0) is 73.8 Å². The highest BCUT2D eigenvalue weighted by atomic mass is 32.2. The SMILES string of the molecule is O=C(COC(=O)CC12CC3CC(CC(C3)C1)C2)Nc1ncc(S(=O)(=O)c2ccc([N+](=O)[O-])cc2)s1. The molecule has 4 bridgehead atoms. The summed E-state index contributed by atoms with van der Waals surface area (Å²) in [6.45, 7) is -0.463. The second-order valence-corrected chi connectivity index (χ2v) is 13.2. The van der Waals surface area contributed by atoms with Gasteiger partial charge in [-0.3, -0.25) is 25.0 Å². The second kappa shape index (κ2) is 8.98. The molecule has 0 atom stereocenters. The molecule has 0 radical (unpaired) electrons. The van der Waals surface area contributed by atoms with E-state index in [4.69, 9.17) is 4.74 Å². The Balaban J connectivity index is 1.14. The van der Waals surface area contributed by atoms with Crippen LogP contribution >= 0.6 is 11.3 Å². The number of aromatic nitrogens is 1. The molecule has 186 valence electrons. The van der Waals surface area contributed by atoms with Crippen molar-refractivity contribution in [3.05, 3.63) is 40.6 Å². The molecule has 1 amide bonds. The zero-order chi connectivity index (χ0) is 24.8. The summed E-state index contributed by atoms with van der Waals surface area (Å²) < 4.78 is 30.6. The number of rotatable bonds is 8. The van der Waals surface area contributed by atoms with Crippen molar-refractivity contribution in [2.45, 2.75) is 54.1 Å². The summed E-state index contributed by atoms with van der Waals surface area (Å²) in [7, 11) is -3.95. The third-order valence-electron chi connectivity index (χ3n) is 7.40. The van der Waals surface area contributed by atoms with Gasteiger partial charge in [0, 0.05) is 12.1 Å². The molecule has 10 nitrogen and oxygen atoms in total. The smallest absolute Gasteiger partial charge is 0.306 e. The molecule has 1 heterocycles. The predicted octanol–water partition coefficient (Wildman–Crippen LogP) is 3.97. The van der Waals surface area contributed by atoms with Crippen LogP contribution in [0, 0.1) is 33.3 Å². The number of benzene rings is 1. The van der Waals surface area contributed by atoms with Crippen LogP contribution in [-0.2, 0) is 24.2 Å². The summed E-state index contributed by atoms with van der Waals surface area (Å²) in [6, 6.07) is 4.51. The number of hydrogen-bond donors (Lipinski definition) is 1. The van der Waals surface area contributed by atoms with Crippen LogP contribution in [0.1, 0.15) is 44.9 Å². The third kappa shape index (κ3) is 4.94. The molecule has 0 unspecified atom stereocenters. The number of carbonyl (C=O) groups excluding carboxylic acids is 2. The monoisotopic (exact) mass is 519 g/mol. The molecule has 4 aliphatic rings. The van der Waals surface area contributed by atoms with Gasteiger partial charge in [0.1, 0.15) is 4.21 Å². The molecule has 6 rings (SSSR count). The number of ether oxygens (including phenoxy) is 1. The Labute approximate surface area is 206 Å². The molecule has 1 N–H and O–H groups in total. The molecule has 0 saturated heterocycles. The maximum absolute atomic E-state index is 12.7. The fraction of sp³-hybridized carbons (Fsp3) is 0.522. The lowest BCUT2D eigenvalue weighted by Crippen LogP contribution is -2.47. The van der Waals surface area contributed by atoms with Crippen LogP contribution in [0.5, 0.6) is 0 Å². The number of thiazole rings is 1. The lowest BCUT2D eigenvalue weighted by molar-refractivity contribution is -0.384. The molecule has 1 aromatic carbocycles. The highest BCUT2D eigenvalue weighted by Crippen LogP contribution is 2.61. The fourth-order valence-electron chi connectivity index (χ4n) is 6.47. The minimum atomic E-state index is -3.95. The molecule has 4 fully saturated rings. The molecule has 12 heteroatoms. The Morgan fingerprint density at radius 1 is 1.11 bits per heavy atom. The zero-order valence-electron chi connectivity index (χ0n) is 18.8. The van der Waals surface area contributed by atoms with Gasteiger partial charge in [-0.15, -0.1) is 0 Å². The Morgan fingerprint density at radius 2 is 1.71 bits per heavy atom. The fourth-order valence-corrected chi connectivity index (χ4v) is 8.92. The maximum atomic E-state index is 12.7. The number of esters is 1. The molecule has 1 aromatic heterocycles. The molecule has 0 aliphatic heterocycles. The van der Waals surface area contributed by atoms with Gasteiger partial charge in [-0.1, -0.05) is 11.3 Å². The summed E-state index contributed by atoms with van der Waals surface area (Å²) in [4.78, 5) is 38.7. The molecule has 0 spiro atoms. The first-order valence-electron chi connectivity index (χ1n) is 11.5. The number of non-ortho nitro benzene ring substituents is 1. The molecular weight excluding hydrogens is 494 g/mol. The van der Waals surface area contributed by atoms with Crippen LogP contribution in [0.2, 0.25) is 0 Å². The average molecular weight is 520 g/mol. The van der Waals surface area contributed by atoms with E-state index in [1.165, 1.54) is 19.3 Å². The Hall–Kier alpha value is -2.86. The number of sulfone groups is 1. The van der Waals surface area contributed by atoms with Crippen LogP contribution in [0.4, 0.5) is 10.8 Å². The highest BCUT2D eigenvalue weighted by Gasteiger charge is 2.51. The van der Waals surface area contributed by atoms with Crippen molar-refractivity contribution in [2.75, 3.05) is 11.9 Å². The van der Waals surface area contributed by atoms with Crippen LogP contribution in [-0.4, -0.2) is 36.8 Å². The molecule has 4 aliphatic carbocycles. The van der Waals surface area contributed by atoms with E-state index in [0.717, 1.165) is 78.8 Å². The van der Waals surface area contributed by atoms with Gasteiger partial charge in [0.15, 0.2) is 11.7 Å². The number of nitrogens with one attached hydrogen (secondary N) is 1. The van der Waals surface area contributed by atoms with Crippen molar-refractivity contribution in [3.8, 4) is 0 Å². The normalized spacial score (nSPS) is 26.9. The van der Waals surface area contributed by atoms with Crippen molar-refractivity contribution >= 4 is 43.9 Å². The average Bonchev–Trinajstić information content (AvgIpc) is 3.26. The number of carbonyl (C=O) groups is 2. The lowest BCUT2D eigenvalue weighted by atomic mass is 9.49. The number of nitro groups is 1. The van der Waals surface area contributed by atoms with E-state index in [9.17, 15) is 28.1 Å². The first-order chi connectivity index (χ1) is 16.6. The van der Waals surface area contributed by atoms with Crippen molar-refractivity contribution in [1.82, 2.24) is 4.98 Å². The minimum absolute atomic E-state index is 0.0265. The number of hydrogen-bond acceptors (Lipinski definition) is 9. The van der Waals surface area contributed by atoms with Crippen LogP contribution in [0.3, 0.4) is 0 Å². The van der Waals surface area contributed by atoms with Crippen LogP contribution in [0.25, 0.3) is 0 Å². The predicted molar refractivity (Wildman–Crippen MR) is 125 cm³/mol. The Morgan fingerprint density at radius 3 is 2.29 bits per heavy atom. The third-order valence-corrected chi connectivity index (χ3v) is 10.5. The number of nitrogens with zero attached hydrogens (tertiary/aromatic N) is 2. The van der Waals surface area contributed by atoms with Gasteiger partial charge >= 0.3 is 5.97 Å². The van der Waals surface area contributed by atoms with Crippen LogP contribution in [0.15, 0.2) is 39.6 Å². The second-order valence-electron chi connectivity index (χ2n) is 10.0. The minimum Gasteiger partial charge on any atom is -0.456 e. The molecular formula is C23H25N3O7S2. The highest BCUT2D eigenvalue weighted by molar-refractivity contribution is 7.93. The van der Waals surface area contributed by atoms with E-state index in [1.807, 2.05) is 0 Å². The first-order valence-corrected chi connectivity index (χ1v) is 13.8. The summed E-state index contributed by atoms with van der Waals surface area (Å²) in [6.07, 6.45) is 8.53. The summed E-state index contributed by atoms with van der Waals surface area (Å²) in [5, 5.41) is 13.3. The van der Waals surface area contributed by atoms with Gasteiger partial charge in [0.2, 0.25) is 9.84 Å². The van der Waals surface area contributed by atoms with E-state index < -0.39 is 27.3 Å². The van der Waals surface area contributed by atoms with E-state index in [-0.39, 0.29) is 31.3 Å². The summed E-state index contributed by atoms with van der Waals surface area (Å²) >= 11 is 0.747. The van der Waals surface area contributed by atoms with Gasteiger partial charge < -0.3 is 4.74 Å². The Bertz CT molecular complexity index is 1230. The van der Waals surface area contributed by atoms with Gasteiger partial charge in [-0.2, -0.15) is 0 Å². The standard InChI is InChI=1S/C23H25N3O7S2/c27-19(13-33-20(28)11-23-8-14-5-15(9-23)7-16(6-14)10-23)25-22-24-12-21(34-22)35(31,32)18-3-1-17(2-4-18)26(29)30/h1-4,12,14-16H,5-11,13H2,(H,24,25,27). The summed E-state index contributed by atoms with van der Waals surface area (Å²) in [5.74, 6) is 1.19. The van der Waals surface area contributed by atoms with Gasteiger partial charge in [-0.25, -0.2) is 13.4 Å². The number of amides is 1. The zero-order valence-corrected chi connectivity index (χ0v) is 20.5. The van der Waals surface area contributed by atoms with Gasteiger partial charge in [0.05, 0.1) is 22.4 Å². The largest absolute Gasteiger partial charge is 0.456 e. The van der Waals surface area contributed by atoms with Crippen molar-refractivity contribution in [2.24, 2.45) is 23.2 Å². The lowest BCUT2D eigenvalue weighted by Gasteiger charge is -2.56. The molecule has 4 saturated carbocycles. The van der Waals surface area contributed by atoms with E-state index in [1.54, 1.807) is 0 Å². The quantitative estimate of drug-likeness (QED) is 0.313. The number of anilines is 1. The van der Waals surface area contributed by atoms with Gasteiger partial charge in [0.25, 0.3) is 11.6 Å². The van der Waals surface area contributed by atoms with Crippen molar-refractivity contribution < 1.29 is 27.7 Å². The van der Waals surface area contributed by atoms with E-state index in [0.29, 0.717) is 6.42 Å². The maximum Gasteiger partial charge on any atom is 0.306 e. The van der Waals surface area contributed by atoms with Crippen molar-refractivity contribution in [1.29, 1.82) is 0 Å². The molecule has 2 aromatic rings.